The number of aryl methyl sites for hydroxylation is 1. The molecule has 0 saturated carbocycles. The Kier molecular flexibility index (Phi) is 5.28. The summed E-state index contributed by atoms with van der Waals surface area (Å²) in [7, 11) is -4.15. The van der Waals surface area contributed by atoms with Crippen molar-refractivity contribution in [2.45, 2.75) is 18.7 Å². The highest BCUT2D eigenvalue weighted by Gasteiger charge is 2.25. The summed E-state index contributed by atoms with van der Waals surface area (Å²) in [5.74, 6) is -0.822. The maximum absolute atomic E-state index is 12.6. The largest absolute Gasteiger partial charge is 0.377 e. The fourth-order valence-electron chi connectivity index (χ4n) is 2.31. The van der Waals surface area contributed by atoms with E-state index in [4.69, 9.17) is 27.4 Å². The number of carbonyl (C=O) groups is 1. The van der Waals surface area contributed by atoms with Crippen LogP contribution in [-0.4, -0.2) is 20.1 Å². The Morgan fingerprint density at radius 2 is 1.78 bits per heavy atom. The van der Waals surface area contributed by atoms with E-state index in [9.17, 15) is 13.2 Å². The highest BCUT2D eigenvalue weighted by atomic mass is 35.5. The van der Waals surface area contributed by atoms with Gasteiger partial charge in [-0.25, -0.2) is 4.79 Å². The van der Waals surface area contributed by atoms with Crippen molar-refractivity contribution in [2.75, 3.05) is 0 Å². The van der Waals surface area contributed by atoms with Crippen LogP contribution in [0.1, 0.15) is 18.1 Å². The van der Waals surface area contributed by atoms with Crippen molar-refractivity contribution in [3.8, 4) is 5.75 Å². The van der Waals surface area contributed by atoms with Crippen molar-refractivity contribution in [1.29, 1.82) is 0 Å². The van der Waals surface area contributed by atoms with Gasteiger partial charge >= 0.3 is 16.1 Å². The van der Waals surface area contributed by atoms with E-state index in [1.807, 2.05) is 6.92 Å². The van der Waals surface area contributed by atoms with Crippen molar-refractivity contribution in [2.24, 2.45) is 5.16 Å². The lowest BCUT2D eigenvalue weighted by Crippen LogP contribution is -2.11. The van der Waals surface area contributed by atoms with Gasteiger partial charge in [-0.1, -0.05) is 46.1 Å². The Bertz CT molecular complexity index is 1090. The smallest absolute Gasteiger partial charge is 0.367 e. The van der Waals surface area contributed by atoms with Gasteiger partial charge in [0.15, 0.2) is 5.75 Å². The predicted molar refractivity (Wildman–Crippen MR) is 103 cm³/mol. The first-order valence-electron chi connectivity index (χ1n) is 7.65. The third kappa shape index (κ3) is 4.16. The van der Waals surface area contributed by atoms with E-state index in [1.54, 1.807) is 19.1 Å². The number of hydrogen-bond donors (Lipinski definition) is 0. The molecule has 0 fully saturated rings. The van der Waals surface area contributed by atoms with Crippen LogP contribution in [0, 0.1) is 6.92 Å². The van der Waals surface area contributed by atoms with Crippen molar-refractivity contribution in [3.05, 3.63) is 63.1 Å². The average molecular weight is 426 g/mol. The molecule has 1 heterocycles. The summed E-state index contributed by atoms with van der Waals surface area (Å²) >= 11 is 12.2. The molecule has 1 aliphatic rings. The maximum atomic E-state index is 12.6. The molecule has 0 bridgehead atoms. The molecule has 2 aromatic rings. The van der Waals surface area contributed by atoms with E-state index in [0.29, 0.717) is 5.71 Å². The number of nitrogens with zero attached hydrogens (tertiary/aromatic N) is 1. The topological polar surface area (TPSA) is 82.0 Å². The second-order valence-corrected chi connectivity index (χ2v) is 8.16. The lowest BCUT2D eigenvalue weighted by atomic mass is 10.1. The standard InChI is InChI=1S/C18H13Cl2NO5S/c1-10-3-5-14(6-4-10)27(23,24)26-17-12(7-13(19)9-16(17)20)8-15-11(2)21-25-18(15)22/h3-9H,1-2H3/b15-8-. The van der Waals surface area contributed by atoms with E-state index >= 15 is 0 Å². The van der Waals surface area contributed by atoms with Gasteiger partial charge in [-0.05, 0) is 44.2 Å². The monoisotopic (exact) mass is 425 g/mol. The first-order valence-corrected chi connectivity index (χ1v) is 9.82. The summed E-state index contributed by atoms with van der Waals surface area (Å²) in [5.41, 5.74) is 1.58. The van der Waals surface area contributed by atoms with Gasteiger partial charge in [-0.15, -0.1) is 0 Å². The van der Waals surface area contributed by atoms with E-state index in [-0.39, 0.29) is 31.8 Å². The molecule has 0 radical (unpaired) electrons. The molecule has 2 aromatic carbocycles. The molecule has 0 aromatic heterocycles. The quantitative estimate of drug-likeness (QED) is 0.412. The molecule has 9 heteroatoms. The maximum Gasteiger partial charge on any atom is 0.367 e. The molecule has 0 aliphatic carbocycles. The van der Waals surface area contributed by atoms with Gasteiger partial charge in [0.2, 0.25) is 0 Å². The zero-order valence-corrected chi connectivity index (χ0v) is 16.5. The fourth-order valence-corrected chi connectivity index (χ4v) is 3.88. The minimum Gasteiger partial charge on any atom is -0.377 e. The van der Waals surface area contributed by atoms with Crippen LogP contribution in [-0.2, 0) is 19.8 Å². The molecule has 140 valence electrons. The normalized spacial score (nSPS) is 15.6. The first-order chi connectivity index (χ1) is 12.7. The van der Waals surface area contributed by atoms with Crippen LogP contribution in [0.5, 0.6) is 5.75 Å². The highest BCUT2D eigenvalue weighted by Crippen LogP contribution is 2.36. The van der Waals surface area contributed by atoms with E-state index in [0.717, 1.165) is 5.56 Å². The van der Waals surface area contributed by atoms with Crippen molar-refractivity contribution in [1.82, 2.24) is 0 Å². The summed E-state index contributed by atoms with van der Waals surface area (Å²) in [4.78, 5) is 16.3. The number of benzene rings is 2. The van der Waals surface area contributed by atoms with Gasteiger partial charge in [-0.2, -0.15) is 8.42 Å². The molecule has 0 saturated heterocycles. The van der Waals surface area contributed by atoms with Gasteiger partial charge in [0.1, 0.15) is 4.90 Å². The van der Waals surface area contributed by atoms with Gasteiger partial charge in [0, 0.05) is 10.6 Å². The molecular formula is C18H13Cl2NO5S. The number of halogens is 2. The summed E-state index contributed by atoms with van der Waals surface area (Å²) in [5, 5.41) is 3.79. The Morgan fingerprint density at radius 1 is 1.11 bits per heavy atom. The lowest BCUT2D eigenvalue weighted by Gasteiger charge is -2.12. The van der Waals surface area contributed by atoms with Crippen molar-refractivity contribution >= 4 is 51.1 Å². The number of oxime groups is 1. The third-order valence-electron chi connectivity index (χ3n) is 3.71. The molecule has 3 rings (SSSR count). The van der Waals surface area contributed by atoms with E-state index in [2.05, 4.69) is 9.99 Å². The molecule has 6 nitrogen and oxygen atoms in total. The Hall–Kier alpha value is -2.35. The number of hydrogen-bond acceptors (Lipinski definition) is 6. The molecule has 0 atom stereocenters. The lowest BCUT2D eigenvalue weighted by molar-refractivity contribution is -0.136. The Balaban J connectivity index is 2.08. The Labute approximate surface area is 166 Å². The SMILES string of the molecule is CC1=NOC(=O)/C1=C\c1cc(Cl)cc(Cl)c1OS(=O)(=O)c1ccc(C)cc1. The van der Waals surface area contributed by atoms with Crippen LogP contribution in [0.25, 0.3) is 6.08 Å². The van der Waals surface area contributed by atoms with Crippen LogP contribution in [0.2, 0.25) is 10.0 Å². The van der Waals surface area contributed by atoms with Gasteiger partial charge < -0.3 is 9.02 Å². The molecule has 0 N–H and O–H groups in total. The van der Waals surface area contributed by atoms with Gasteiger partial charge in [-0.3, -0.25) is 0 Å². The number of carbonyl (C=O) groups excluding carboxylic acids is 1. The fraction of sp³-hybridized carbons (Fsp3) is 0.111. The minimum absolute atomic E-state index is 0.0222. The second kappa shape index (κ2) is 7.34. The first kappa shape index (κ1) is 19.4. The highest BCUT2D eigenvalue weighted by molar-refractivity contribution is 7.87. The molecule has 0 spiro atoms. The van der Waals surface area contributed by atoms with Crippen LogP contribution < -0.4 is 4.18 Å². The molecule has 0 amide bonds. The van der Waals surface area contributed by atoms with Crippen LogP contribution in [0.15, 0.2) is 52.0 Å². The average Bonchev–Trinajstić information content (AvgIpc) is 2.90. The van der Waals surface area contributed by atoms with Crippen LogP contribution in [0.4, 0.5) is 0 Å². The molecule has 27 heavy (non-hydrogen) atoms. The van der Waals surface area contributed by atoms with Crippen molar-refractivity contribution in [3.63, 3.8) is 0 Å². The predicted octanol–water partition coefficient (Wildman–Crippen LogP) is 4.39. The van der Waals surface area contributed by atoms with E-state index in [1.165, 1.54) is 30.3 Å². The summed E-state index contributed by atoms with van der Waals surface area (Å²) in [6.45, 7) is 3.41. The van der Waals surface area contributed by atoms with Gasteiger partial charge in [0.25, 0.3) is 0 Å². The minimum atomic E-state index is -4.15. The summed E-state index contributed by atoms with van der Waals surface area (Å²) in [6, 6.07) is 8.93. The van der Waals surface area contributed by atoms with Gasteiger partial charge in [0.05, 0.1) is 16.3 Å². The molecule has 0 unspecified atom stereocenters. The van der Waals surface area contributed by atoms with Crippen LogP contribution >= 0.6 is 23.2 Å². The zero-order chi connectivity index (χ0) is 19.8. The molecular weight excluding hydrogens is 413 g/mol. The van der Waals surface area contributed by atoms with E-state index < -0.39 is 16.1 Å². The second-order valence-electron chi connectivity index (χ2n) is 5.77. The molecule has 1 aliphatic heterocycles. The summed E-state index contributed by atoms with van der Waals surface area (Å²) < 4.78 is 30.5. The third-order valence-corrected chi connectivity index (χ3v) is 5.45. The van der Waals surface area contributed by atoms with Crippen molar-refractivity contribution < 1.29 is 22.2 Å². The Morgan fingerprint density at radius 3 is 2.37 bits per heavy atom. The van der Waals surface area contributed by atoms with Crippen LogP contribution in [0.3, 0.4) is 0 Å². The zero-order valence-electron chi connectivity index (χ0n) is 14.2. The number of rotatable bonds is 4. The summed E-state index contributed by atoms with van der Waals surface area (Å²) in [6.07, 6.45) is 1.37.